The zero-order valence-corrected chi connectivity index (χ0v) is 21.9. The van der Waals surface area contributed by atoms with Crippen molar-refractivity contribution in [1.29, 1.82) is 0 Å². The highest BCUT2D eigenvalue weighted by Gasteiger charge is 2.49. The summed E-state index contributed by atoms with van der Waals surface area (Å²) in [7, 11) is 4.93. The van der Waals surface area contributed by atoms with Crippen LogP contribution in [0.1, 0.15) is 35.1 Å². The Balaban J connectivity index is 1.53. The number of fused-ring (bicyclic) bond motifs is 1. The highest BCUT2D eigenvalue weighted by atomic mass is 31.1. The molecule has 2 aromatic rings. The molecular formula is C26H34O4P2. The van der Waals surface area contributed by atoms with E-state index in [0.717, 1.165) is 41.2 Å². The van der Waals surface area contributed by atoms with Crippen LogP contribution in [-0.4, -0.2) is 38.1 Å². The van der Waals surface area contributed by atoms with Gasteiger partial charge in [0, 0.05) is 5.92 Å². The van der Waals surface area contributed by atoms with E-state index in [2.05, 4.69) is 52.0 Å². The van der Waals surface area contributed by atoms with E-state index in [0.29, 0.717) is 23.9 Å². The molecule has 2 aromatic carbocycles. The van der Waals surface area contributed by atoms with Gasteiger partial charge in [0.1, 0.15) is 17.6 Å². The standard InChI is InChI=1S/C26H34O4P2/c1-14-7-18(8-15(2)25(14)28-5)31-13-21-20-11-24(27)30-22(20)12-23(21)32-19-9-16(3)26(29-6)17(4)10-19/h7-10,20-23,31-32H,11-13H2,1-6H3/t20-,21-,22+,23+/m1/s1. The molecule has 0 amide bonds. The largest absolute Gasteiger partial charge is 0.496 e. The van der Waals surface area contributed by atoms with Crippen LogP contribution in [0.25, 0.3) is 0 Å². The monoisotopic (exact) mass is 472 g/mol. The van der Waals surface area contributed by atoms with Crippen LogP contribution >= 0.6 is 17.2 Å². The third-order valence-electron chi connectivity index (χ3n) is 6.94. The second-order valence-corrected chi connectivity index (χ2v) is 12.2. The summed E-state index contributed by atoms with van der Waals surface area (Å²) in [6.45, 7) is 8.48. The number of carbonyl (C=O) groups is 1. The second-order valence-electron chi connectivity index (χ2n) is 9.21. The highest BCUT2D eigenvalue weighted by Crippen LogP contribution is 2.50. The molecule has 2 fully saturated rings. The van der Waals surface area contributed by atoms with Crippen LogP contribution in [0.2, 0.25) is 0 Å². The van der Waals surface area contributed by atoms with Gasteiger partial charge in [-0.3, -0.25) is 4.79 Å². The van der Waals surface area contributed by atoms with Gasteiger partial charge in [0.15, 0.2) is 0 Å². The average Bonchev–Trinajstić information content (AvgIpc) is 3.21. The lowest BCUT2D eigenvalue weighted by atomic mass is 9.95. The lowest BCUT2D eigenvalue weighted by molar-refractivity contribution is -0.141. The van der Waals surface area contributed by atoms with E-state index in [4.69, 9.17) is 14.2 Å². The number of rotatable bonds is 7. The molecule has 1 aliphatic carbocycles. The summed E-state index contributed by atoms with van der Waals surface area (Å²) >= 11 is 0. The first-order valence-electron chi connectivity index (χ1n) is 11.3. The molecule has 1 aliphatic heterocycles. The lowest BCUT2D eigenvalue weighted by Gasteiger charge is -2.24. The summed E-state index contributed by atoms with van der Waals surface area (Å²) < 4.78 is 16.8. The number of methoxy groups -OCH3 is 2. The van der Waals surface area contributed by atoms with Gasteiger partial charge in [-0.15, -0.1) is 0 Å². The van der Waals surface area contributed by atoms with Gasteiger partial charge in [0.25, 0.3) is 0 Å². The lowest BCUT2D eigenvalue weighted by Crippen LogP contribution is -2.22. The zero-order chi connectivity index (χ0) is 23.0. The van der Waals surface area contributed by atoms with Crippen LogP contribution in [0.3, 0.4) is 0 Å². The van der Waals surface area contributed by atoms with Crippen molar-refractivity contribution in [1.82, 2.24) is 0 Å². The molecule has 0 N–H and O–H groups in total. The molecule has 172 valence electrons. The number of ether oxygens (including phenoxy) is 3. The molecule has 2 unspecified atom stereocenters. The van der Waals surface area contributed by atoms with Crippen molar-refractivity contribution < 1.29 is 19.0 Å². The summed E-state index contributed by atoms with van der Waals surface area (Å²) in [6, 6.07) is 9.08. The fourth-order valence-electron chi connectivity index (χ4n) is 5.64. The third-order valence-corrected chi connectivity index (χ3v) is 9.97. The minimum Gasteiger partial charge on any atom is -0.496 e. The van der Waals surface area contributed by atoms with Crippen molar-refractivity contribution in [3.05, 3.63) is 46.5 Å². The van der Waals surface area contributed by atoms with Gasteiger partial charge in [-0.25, -0.2) is 0 Å². The van der Waals surface area contributed by atoms with Crippen LogP contribution in [0, 0.1) is 39.5 Å². The van der Waals surface area contributed by atoms with E-state index in [1.165, 1.54) is 32.9 Å². The molecule has 6 heteroatoms. The minimum absolute atomic E-state index is 0.0117. The Morgan fingerprint density at radius 2 is 1.44 bits per heavy atom. The zero-order valence-electron chi connectivity index (χ0n) is 19.9. The van der Waals surface area contributed by atoms with Gasteiger partial charge in [-0.05, 0) is 109 Å². The van der Waals surface area contributed by atoms with Crippen LogP contribution in [0.4, 0.5) is 0 Å². The first-order valence-corrected chi connectivity index (χ1v) is 13.6. The minimum atomic E-state index is -0.0117. The predicted molar refractivity (Wildman–Crippen MR) is 136 cm³/mol. The van der Waals surface area contributed by atoms with Crippen molar-refractivity contribution in [2.75, 3.05) is 20.4 Å². The Labute approximate surface area is 195 Å². The SMILES string of the molecule is COc1c(C)cc(PC[C@@H]2[C@H]3CC(=O)O[C@H]3C[C@@H]2Pc2cc(C)c(OC)c(C)c2)cc1C. The summed E-state index contributed by atoms with van der Waals surface area (Å²) in [4.78, 5) is 12.0. The maximum Gasteiger partial charge on any atom is 0.306 e. The summed E-state index contributed by atoms with van der Waals surface area (Å²) in [5, 5.41) is 2.77. The van der Waals surface area contributed by atoms with Crippen molar-refractivity contribution in [3.63, 3.8) is 0 Å². The molecule has 1 heterocycles. The van der Waals surface area contributed by atoms with E-state index in [1.807, 2.05) is 0 Å². The van der Waals surface area contributed by atoms with Gasteiger partial charge in [0.2, 0.25) is 0 Å². The Hall–Kier alpha value is -1.63. The van der Waals surface area contributed by atoms with Gasteiger partial charge in [-0.2, -0.15) is 0 Å². The van der Waals surface area contributed by atoms with Crippen molar-refractivity contribution >= 4 is 33.7 Å². The number of hydrogen-bond acceptors (Lipinski definition) is 4. The van der Waals surface area contributed by atoms with E-state index in [1.54, 1.807) is 14.2 Å². The molecule has 1 saturated carbocycles. The van der Waals surface area contributed by atoms with Crippen LogP contribution in [0.15, 0.2) is 24.3 Å². The highest BCUT2D eigenvalue weighted by molar-refractivity contribution is 7.48. The molecule has 0 bridgehead atoms. The van der Waals surface area contributed by atoms with Crippen molar-refractivity contribution in [2.45, 2.75) is 52.3 Å². The van der Waals surface area contributed by atoms with Gasteiger partial charge >= 0.3 is 5.97 Å². The first kappa shape index (κ1) is 23.5. The van der Waals surface area contributed by atoms with Crippen LogP contribution in [-0.2, 0) is 9.53 Å². The topological polar surface area (TPSA) is 44.8 Å². The summed E-state index contributed by atoms with van der Waals surface area (Å²) in [6.07, 6.45) is 2.81. The van der Waals surface area contributed by atoms with E-state index in [9.17, 15) is 4.79 Å². The molecule has 4 rings (SSSR count). The molecule has 0 radical (unpaired) electrons. The molecule has 32 heavy (non-hydrogen) atoms. The Morgan fingerprint density at radius 3 is 1.97 bits per heavy atom. The number of carbonyl (C=O) groups excluding carboxylic acids is 1. The molecular weight excluding hydrogens is 438 g/mol. The molecule has 2 aliphatic rings. The third kappa shape index (κ3) is 4.68. The summed E-state index contributed by atoms with van der Waals surface area (Å²) in [5.74, 6) is 2.85. The van der Waals surface area contributed by atoms with Gasteiger partial charge < -0.3 is 14.2 Å². The predicted octanol–water partition coefficient (Wildman–Crippen LogP) is 4.57. The fourth-order valence-corrected chi connectivity index (χ4v) is 9.53. The number of aryl methyl sites for hydroxylation is 4. The molecule has 1 saturated heterocycles. The maximum atomic E-state index is 12.0. The molecule has 4 nitrogen and oxygen atoms in total. The van der Waals surface area contributed by atoms with Crippen LogP contribution in [0.5, 0.6) is 11.5 Å². The normalized spacial score (nSPS) is 25.1. The number of esters is 1. The fraction of sp³-hybridized carbons (Fsp3) is 0.500. The second kappa shape index (κ2) is 9.70. The maximum absolute atomic E-state index is 12.0. The smallest absolute Gasteiger partial charge is 0.306 e. The average molecular weight is 473 g/mol. The quantitative estimate of drug-likeness (QED) is 0.438. The number of benzene rings is 2. The number of hydrogen-bond donors (Lipinski definition) is 0. The van der Waals surface area contributed by atoms with E-state index < -0.39 is 0 Å². The Morgan fingerprint density at radius 1 is 0.906 bits per heavy atom. The summed E-state index contributed by atoms with van der Waals surface area (Å²) in [5.41, 5.74) is 5.35. The molecule has 0 aromatic heterocycles. The molecule has 6 atom stereocenters. The van der Waals surface area contributed by atoms with E-state index in [-0.39, 0.29) is 12.1 Å². The van der Waals surface area contributed by atoms with Gasteiger partial charge in [0.05, 0.1) is 20.6 Å². The van der Waals surface area contributed by atoms with Crippen LogP contribution < -0.4 is 20.1 Å². The Bertz CT molecular complexity index is 973. The van der Waals surface area contributed by atoms with Crippen molar-refractivity contribution in [3.8, 4) is 11.5 Å². The van der Waals surface area contributed by atoms with E-state index >= 15 is 0 Å². The molecule has 0 spiro atoms. The Kier molecular flexibility index (Phi) is 7.13. The first-order chi connectivity index (χ1) is 15.3. The van der Waals surface area contributed by atoms with Gasteiger partial charge in [-0.1, -0.05) is 17.2 Å². The van der Waals surface area contributed by atoms with Crippen molar-refractivity contribution in [2.24, 2.45) is 11.8 Å².